The molecule has 1 aliphatic heterocycles. The Morgan fingerprint density at radius 3 is 2.94 bits per heavy atom. The third-order valence-corrected chi connectivity index (χ3v) is 2.74. The first-order valence-corrected chi connectivity index (χ1v) is 6.69. The van der Waals surface area contributed by atoms with Crippen molar-refractivity contribution in [2.24, 2.45) is 5.92 Å². The fourth-order valence-electron chi connectivity index (χ4n) is 1.85. The molecule has 1 rings (SSSR count). The van der Waals surface area contributed by atoms with Crippen LogP contribution in [-0.4, -0.2) is 39.0 Å². The third kappa shape index (κ3) is 7.20. The first-order chi connectivity index (χ1) is 7.79. The van der Waals surface area contributed by atoms with Crippen LogP contribution in [0.3, 0.4) is 0 Å². The molecule has 1 heterocycles. The van der Waals surface area contributed by atoms with Crippen molar-refractivity contribution in [3.05, 3.63) is 0 Å². The SMILES string of the molecule is CC(C)COCCCNCC1CCCCO1. The van der Waals surface area contributed by atoms with Gasteiger partial charge in [0.15, 0.2) is 0 Å². The summed E-state index contributed by atoms with van der Waals surface area (Å²) < 4.78 is 11.2. The lowest BCUT2D eigenvalue weighted by molar-refractivity contribution is 0.0166. The van der Waals surface area contributed by atoms with Crippen molar-refractivity contribution in [1.29, 1.82) is 0 Å². The van der Waals surface area contributed by atoms with Gasteiger partial charge in [-0.3, -0.25) is 0 Å². The highest BCUT2D eigenvalue weighted by Gasteiger charge is 2.12. The maximum atomic E-state index is 5.64. The third-order valence-electron chi connectivity index (χ3n) is 2.74. The Balaban J connectivity index is 1.80. The molecule has 0 spiro atoms. The molecule has 0 aromatic rings. The van der Waals surface area contributed by atoms with Gasteiger partial charge in [-0.2, -0.15) is 0 Å². The average Bonchev–Trinajstić information content (AvgIpc) is 2.29. The van der Waals surface area contributed by atoms with Gasteiger partial charge in [-0.05, 0) is 38.1 Å². The monoisotopic (exact) mass is 229 g/mol. The quantitative estimate of drug-likeness (QED) is 0.647. The van der Waals surface area contributed by atoms with Crippen molar-refractivity contribution in [2.75, 3.05) is 32.9 Å². The summed E-state index contributed by atoms with van der Waals surface area (Å²) in [7, 11) is 0. The molecule has 1 saturated heterocycles. The molecule has 0 saturated carbocycles. The molecule has 0 aliphatic carbocycles. The van der Waals surface area contributed by atoms with Gasteiger partial charge in [-0.1, -0.05) is 13.8 Å². The van der Waals surface area contributed by atoms with Crippen LogP contribution in [0, 0.1) is 5.92 Å². The van der Waals surface area contributed by atoms with Crippen molar-refractivity contribution in [2.45, 2.75) is 45.6 Å². The zero-order valence-corrected chi connectivity index (χ0v) is 10.8. The highest BCUT2D eigenvalue weighted by atomic mass is 16.5. The van der Waals surface area contributed by atoms with E-state index in [2.05, 4.69) is 19.2 Å². The number of nitrogens with one attached hydrogen (secondary N) is 1. The van der Waals surface area contributed by atoms with Crippen molar-refractivity contribution in [3.63, 3.8) is 0 Å². The molecule has 1 aliphatic rings. The highest BCUT2D eigenvalue weighted by Crippen LogP contribution is 2.11. The number of hydrogen-bond acceptors (Lipinski definition) is 3. The van der Waals surface area contributed by atoms with Crippen LogP contribution in [0.4, 0.5) is 0 Å². The standard InChI is InChI=1S/C13H27NO2/c1-12(2)11-15-8-5-7-14-10-13-6-3-4-9-16-13/h12-14H,3-11H2,1-2H3. The number of rotatable bonds is 8. The minimum absolute atomic E-state index is 0.449. The van der Waals surface area contributed by atoms with E-state index in [0.29, 0.717) is 12.0 Å². The summed E-state index contributed by atoms with van der Waals surface area (Å²) in [6.45, 7) is 9.10. The Morgan fingerprint density at radius 2 is 2.25 bits per heavy atom. The smallest absolute Gasteiger partial charge is 0.0699 e. The first kappa shape index (κ1) is 13.9. The predicted molar refractivity (Wildman–Crippen MR) is 66.7 cm³/mol. The Kier molecular flexibility index (Phi) is 7.81. The van der Waals surface area contributed by atoms with E-state index in [-0.39, 0.29) is 0 Å². The largest absolute Gasteiger partial charge is 0.381 e. The molecule has 1 fully saturated rings. The molecule has 1 unspecified atom stereocenters. The lowest BCUT2D eigenvalue weighted by Crippen LogP contribution is -2.32. The van der Waals surface area contributed by atoms with Crippen LogP contribution < -0.4 is 5.32 Å². The van der Waals surface area contributed by atoms with E-state index in [9.17, 15) is 0 Å². The molecular formula is C13H27NO2. The summed E-state index contributed by atoms with van der Waals surface area (Å²) in [6.07, 6.45) is 5.32. The maximum absolute atomic E-state index is 5.64. The van der Waals surface area contributed by atoms with Crippen LogP contribution in [0.15, 0.2) is 0 Å². The predicted octanol–water partition coefficient (Wildman–Crippen LogP) is 2.21. The Hall–Kier alpha value is -0.120. The lowest BCUT2D eigenvalue weighted by Gasteiger charge is -2.22. The molecule has 3 nitrogen and oxygen atoms in total. The molecule has 0 amide bonds. The summed E-state index contributed by atoms with van der Waals surface area (Å²) in [5.74, 6) is 0.642. The van der Waals surface area contributed by atoms with E-state index < -0.39 is 0 Å². The highest BCUT2D eigenvalue weighted by molar-refractivity contribution is 4.66. The Bertz CT molecular complexity index is 156. The van der Waals surface area contributed by atoms with Crippen LogP contribution in [0.5, 0.6) is 0 Å². The average molecular weight is 229 g/mol. The second-order valence-corrected chi connectivity index (χ2v) is 5.02. The fourth-order valence-corrected chi connectivity index (χ4v) is 1.85. The molecule has 0 aromatic heterocycles. The van der Waals surface area contributed by atoms with Crippen LogP contribution in [0.1, 0.15) is 39.5 Å². The lowest BCUT2D eigenvalue weighted by atomic mass is 10.1. The Labute approximate surface area is 99.9 Å². The van der Waals surface area contributed by atoms with Gasteiger partial charge in [0, 0.05) is 26.4 Å². The Morgan fingerprint density at radius 1 is 1.38 bits per heavy atom. The molecule has 3 heteroatoms. The van der Waals surface area contributed by atoms with E-state index >= 15 is 0 Å². The van der Waals surface area contributed by atoms with Crippen LogP contribution in [0.25, 0.3) is 0 Å². The van der Waals surface area contributed by atoms with Gasteiger partial charge in [-0.15, -0.1) is 0 Å². The van der Waals surface area contributed by atoms with E-state index in [1.807, 2.05) is 0 Å². The first-order valence-electron chi connectivity index (χ1n) is 6.69. The van der Waals surface area contributed by atoms with Gasteiger partial charge in [-0.25, -0.2) is 0 Å². The second kappa shape index (κ2) is 8.97. The van der Waals surface area contributed by atoms with Crippen LogP contribution in [0.2, 0.25) is 0 Å². The fraction of sp³-hybridized carbons (Fsp3) is 1.00. The van der Waals surface area contributed by atoms with Crippen molar-refractivity contribution >= 4 is 0 Å². The molecule has 0 bridgehead atoms. The summed E-state index contributed by atoms with van der Waals surface area (Å²) >= 11 is 0. The van der Waals surface area contributed by atoms with Crippen molar-refractivity contribution < 1.29 is 9.47 Å². The molecule has 0 radical (unpaired) electrons. The maximum Gasteiger partial charge on any atom is 0.0699 e. The number of hydrogen-bond donors (Lipinski definition) is 1. The van der Waals surface area contributed by atoms with Crippen molar-refractivity contribution in [1.82, 2.24) is 5.32 Å². The van der Waals surface area contributed by atoms with Gasteiger partial charge in [0.05, 0.1) is 6.10 Å². The van der Waals surface area contributed by atoms with Crippen LogP contribution in [-0.2, 0) is 9.47 Å². The summed E-state index contributed by atoms with van der Waals surface area (Å²) in [5.41, 5.74) is 0. The summed E-state index contributed by atoms with van der Waals surface area (Å²) in [4.78, 5) is 0. The second-order valence-electron chi connectivity index (χ2n) is 5.02. The van der Waals surface area contributed by atoms with E-state index in [0.717, 1.165) is 39.3 Å². The van der Waals surface area contributed by atoms with E-state index in [1.54, 1.807) is 0 Å². The molecule has 1 atom stereocenters. The van der Waals surface area contributed by atoms with Gasteiger partial charge in [0.25, 0.3) is 0 Å². The normalized spacial score (nSPS) is 21.6. The molecule has 16 heavy (non-hydrogen) atoms. The topological polar surface area (TPSA) is 30.5 Å². The summed E-state index contributed by atoms with van der Waals surface area (Å²) in [5, 5.41) is 3.44. The van der Waals surface area contributed by atoms with E-state index in [1.165, 1.54) is 19.3 Å². The zero-order chi connectivity index (χ0) is 11.6. The molecular weight excluding hydrogens is 202 g/mol. The van der Waals surface area contributed by atoms with Crippen LogP contribution >= 0.6 is 0 Å². The van der Waals surface area contributed by atoms with Gasteiger partial charge in [0.2, 0.25) is 0 Å². The molecule has 0 aromatic carbocycles. The minimum Gasteiger partial charge on any atom is -0.381 e. The van der Waals surface area contributed by atoms with Gasteiger partial charge < -0.3 is 14.8 Å². The molecule has 1 N–H and O–H groups in total. The van der Waals surface area contributed by atoms with Gasteiger partial charge >= 0.3 is 0 Å². The van der Waals surface area contributed by atoms with E-state index in [4.69, 9.17) is 9.47 Å². The number of ether oxygens (including phenoxy) is 2. The van der Waals surface area contributed by atoms with Crippen molar-refractivity contribution in [3.8, 4) is 0 Å². The summed E-state index contributed by atoms with van der Waals surface area (Å²) in [6, 6.07) is 0. The zero-order valence-electron chi connectivity index (χ0n) is 10.8. The van der Waals surface area contributed by atoms with Gasteiger partial charge in [0.1, 0.15) is 0 Å². The molecule has 96 valence electrons. The minimum atomic E-state index is 0.449.